The molecule has 3 aromatic carbocycles. The van der Waals surface area contributed by atoms with Gasteiger partial charge in [-0.25, -0.2) is 4.98 Å². The van der Waals surface area contributed by atoms with Crippen LogP contribution < -0.4 is 10.5 Å². The van der Waals surface area contributed by atoms with E-state index >= 15 is 0 Å². The number of anilines is 1. The van der Waals surface area contributed by atoms with E-state index < -0.39 is 0 Å². The Hall–Kier alpha value is -4.10. The number of nitrogen functional groups attached to an aromatic ring is 1. The molecule has 0 radical (unpaired) electrons. The Morgan fingerprint density at radius 3 is 2.06 bits per heavy atom. The molecule has 0 saturated carbocycles. The van der Waals surface area contributed by atoms with E-state index in [-0.39, 0.29) is 5.82 Å². The molecule has 0 atom stereocenters. The Morgan fingerprint density at radius 2 is 1.45 bits per heavy atom. The van der Waals surface area contributed by atoms with Crippen molar-refractivity contribution < 1.29 is 4.74 Å². The SMILES string of the molecule is Cc1cc(C)c(COc2ccc(-c3c(C#N)c(N)nc(C)c3-c3ccccc3)cc2)c(C)c1. The lowest BCUT2D eigenvalue weighted by Crippen LogP contribution is -2.03. The summed E-state index contributed by atoms with van der Waals surface area (Å²) in [5.74, 6) is 1.02. The van der Waals surface area contributed by atoms with Gasteiger partial charge >= 0.3 is 0 Å². The van der Waals surface area contributed by atoms with Gasteiger partial charge in [-0.15, -0.1) is 0 Å². The normalized spacial score (nSPS) is 10.6. The maximum absolute atomic E-state index is 9.86. The highest BCUT2D eigenvalue weighted by Gasteiger charge is 2.19. The quantitative estimate of drug-likeness (QED) is 0.381. The topological polar surface area (TPSA) is 71.9 Å². The van der Waals surface area contributed by atoms with E-state index in [0.717, 1.165) is 33.7 Å². The Kier molecular flexibility index (Phi) is 6.15. The number of nitriles is 1. The first-order valence-electron chi connectivity index (χ1n) is 10.9. The molecule has 0 bridgehead atoms. The molecule has 1 aromatic heterocycles. The van der Waals surface area contributed by atoms with E-state index in [0.29, 0.717) is 12.2 Å². The second-order valence-electron chi connectivity index (χ2n) is 8.38. The Balaban J connectivity index is 1.71. The van der Waals surface area contributed by atoms with Crippen molar-refractivity contribution in [1.29, 1.82) is 5.26 Å². The number of hydrogen-bond donors (Lipinski definition) is 1. The minimum absolute atomic E-state index is 0.246. The first-order valence-corrected chi connectivity index (χ1v) is 10.9. The number of hydrogen-bond acceptors (Lipinski definition) is 4. The van der Waals surface area contributed by atoms with Crippen LogP contribution in [0.25, 0.3) is 22.3 Å². The predicted octanol–water partition coefficient (Wildman–Crippen LogP) is 6.68. The molecular formula is C29H27N3O. The van der Waals surface area contributed by atoms with E-state index in [1.54, 1.807) is 0 Å². The maximum atomic E-state index is 9.86. The van der Waals surface area contributed by atoms with Gasteiger partial charge in [0.25, 0.3) is 0 Å². The predicted molar refractivity (Wildman–Crippen MR) is 134 cm³/mol. The summed E-state index contributed by atoms with van der Waals surface area (Å²) in [6, 6.07) is 24.4. The van der Waals surface area contributed by atoms with E-state index in [1.807, 2.05) is 61.5 Å². The summed E-state index contributed by atoms with van der Waals surface area (Å²) in [6.07, 6.45) is 0. The molecule has 2 N–H and O–H groups in total. The van der Waals surface area contributed by atoms with Gasteiger partial charge in [0, 0.05) is 16.8 Å². The van der Waals surface area contributed by atoms with Crippen molar-refractivity contribution >= 4 is 5.82 Å². The number of rotatable bonds is 5. The largest absolute Gasteiger partial charge is 0.489 e. The Labute approximate surface area is 195 Å². The van der Waals surface area contributed by atoms with E-state index in [1.165, 1.54) is 22.3 Å². The zero-order chi connectivity index (χ0) is 23.5. The number of aryl methyl sites for hydroxylation is 4. The second-order valence-corrected chi connectivity index (χ2v) is 8.38. The van der Waals surface area contributed by atoms with Crippen molar-refractivity contribution in [3.05, 3.63) is 100 Å². The van der Waals surface area contributed by atoms with Crippen molar-refractivity contribution in [1.82, 2.24) is 4.98 Å². The molecule has 0 fully saturated rings. The molecule has 4 aromatic rings. The lowest BCUT2D eigenvalue weighted by molar-refractivity contribution is 0.304. The molecule has 4 nitrogen and oxygen atoms in total. The fraction of sp³-hybridized carbons (Fsp3) is 0.172. The molecule has 33 heavy (non-hydrogen) atoms. The molecule has 4 heteroatoms. The van der Waals surface area contributed by atoms with E-state index in [2.05, 4.69) is 44.0 Å². The molecule has 4 rings (SSSR count). The summed E-state index contributed by atoms with van der Waals surface area (Å²) < 4.78 is 6.10. The highest BCUT2D eigenvalue weighted by Crippen LogP contribution is 2.39. The van der Waals surface area contributed by atoms with Crippen LogP contribution in [0.15, 0.2) is 66.7 Å². The third-order valence-corrected chi connectivity index (χ3v) is 5.95. The summed E-state index contributed by atoms with van der Waals surface area (Å²) in [4.78, 5) is 4.44. The Bertz CT molecular complexity index is 1330. The van der Waals surface area contributed by atoms with Gasteiger partial charge in [0.1, 0.15) is 29.8 Å². The minimum Gasteiger partial charge on any atom is -0.489 e. The van der Waals surface area contributed by atoms with Gasteiger partial charge in [0.2, 0.25) is 0 Å². The second kappa shape index (κ2) is 9.18. The molecule has 0 saturated heterocycles. The van der Waals surface area contributed by atoms with Crippen LogP contribution in [0, 0.1) is 39.0 Å². The lowest BCUT2D eigenvalue weighted by Gasteiger charge is -2.17. The molecule has 0 amide bonds. The average molecular weight is 434 g/mol. The van der Waals surface area contributed by atoms with Crippen molar-refractivity contribution in [2.75, 3.05) is 5.73 Å². The summed E-state index contributed by atoms with van der Waals surface area (Å²) in [5.41, 5.74) is 15.9. The van der Waals surface area contributed by atoms with E-state index in [9.17, 15) is 5.26 Å². The van der Waals surface area contributed by atoms with Crippen LogP contribution in [-0.2, 0) is 6.61 Å². The zero-order valence-electron chi connectivity index (χ0n) is 19.4. The van der Waals surface area contributed by atoms with Crippen LogP contribution in [0.2, 0.25) is 0 Å². The lowest BCUT2D eigenvalue weighted by atomic mass is 9.90. The van der Waals surface area contributed by atoms with Gasteiger partial charge in [-0.2, -0.15) is 5.26 Å². The fourth-order valence-corrected chi connectivity index (χ4v) is 4.40. The summed E-state index contributed by atoms with van der Waals surface area (Å²) >= 11 is 0. The van der Waals surface area contributed by atoms with Crippen molar-refractivity contribution in [2.24, 2.45) is 0 Å². The van der Waals surface area contributed by atoms with Crippen LogP contribution in [0.1, 0.15) is 33.5 Å². The third-order valence-electron chi connectivity index (χ3n) is 5.95. The number of nitrogens with two attached hydrogens (primary N) is 1. The van der Waals surface area contributed by atoms with Crippen LogP contribution in [0.4, 0.5) is 5.82 Å². The number of aromatic nitrogens is 1. The maximum Gasteiger partial charge on any atom is 0.142 e. The van der Waals surface area contributed by atoms with Gasteiger partial charge in [-0.1, -0.05) is 60.2 Å². The van der Waals surface area contributed by atoms with Crippen LogP contribution in [0.5, 0.6) is 5.75 Å². The van der Waals surface area contributed by atoms with Gasteiger partial charge in [0.15, 0.2) is 0 Å². The number of pyridine rings is 1. The minimum atomic E-state index is 0.246. The highest BCUT2D eigenvalue weighted by molar-refractivity contribution is 5.91. The van der Waals surface area contributed by atoms with Gasteiger partial charge in [-0.05, 0) is 67.6 Å². The smallest absolute Gasteiger partial charge is 0.142 e. The van der Waals surface area contributed by atoms with E-state index in [4.69, 9.17) is 10.5 Å². The monoisotopic (exact) mass is 433 g/mol. The van der Waals surface area contributed by atoms with Crippen molar-refractivity contribution in [3.63, 3.8) is 0 Å². The van der Waals surface area contributed by atoms with Crippen LogP contribution in [0.3, 0.4) is 0 Å². The number of ether oxygens (including phenoxy) is 1. The zero-order valence-corrected chi connectivity index (χ0v) is 19.4. The summed E-state index contributed by atoms with van der Waals surface area (Å²) in [6.45, 7) is 8.78. The molecule has 0 aliphatic rings. The molecule has 0 aliphatic heterocycles. The highest BCUT2D eigenvalue weighted by atomic mass is 16.5. The molecule has 1 heterocycles. The first-order chi connectivity index (χ1) is 15.9. The average Bonchev–Trinajstić information content (AvgIpc) is 2.79. The van der Waals surface area contributed by atoms with Crippen LogP contribution in [-0.4, -0.2) is 4.98 Å². The Morgan fingerprint density at radius 1 is 0.848 bits per heavy atom. The molecule has 0 aliphatic carbocycles. The third kappa shape index (κ3) is 4.44. The summed E-state index contributed by atoms with van der Waals surface area (Å²) in [7, 11) is 0. The van der Waals surface area contributed by atoms with Crippen LogP contribution >= 0.6 is 0 Å². The first kappa shape index (κ1) is 22.1. The molecule has 164 valence electrons. The van der Waals surface area contributed by atoms with Gasteiger partial charge < -0.3 is 10.5 Å². The number of benzene rings is 3. The molecular weight excluding hydrogens is 406 g/mol. The van der Waals surface area contributed by atoms with Crippen molar-refractivity contribution in [3.8, 4) is 34.1 Å². The molecule has 0 unspecified atom stereocenters. The summed E-state index contributed by atoms with van der Waals surface area (Å²) in [5, 5.41) is 9.86. The van der Waals surface area contributed by atoms with Crippen molar-refractivity contribution in [2.45, 2.75) is 34.3 Å². The van der Waals surface area contributed by atoms with Gasteiger partial charge in [0.05, 0.1) is 0 Å². The standard InChI is InChI=1S/C29H27N3O/c1-18-14-19(2)26(20(3)15-18)17-33-24-12-10-23(11-13-24)28-25(16-30)29(31)32-21(4)27(28)22-8-6-5-7-9-22/h5-15H,17H2,1-4H3,(H2,31,32). The van der Waals surface area contributed by atoms with Gasteiger partial charge in [-0.3, -0.25) is 0 Å². The number of nitrogens with zero attached hydrogens (tertiary/aromatic N) is 2. The molecule has 0 spiro atoms. The fourth-order valence-electron chi connectivity index (χ4n) is 4.40.